The standard InChI is InChI=1S/C14H30O3S2.Na/c1-2-3-4-5-6-7-8-9-10-11-12-13-14-18-19(15,16)17;/h2-14H2,1H3,(H,15,16,17);/q;+1/p-1. The Kier molecular flexibility index (Phi) is 19.6. The van der Waals surface area contributed by atoms with E-state index >= 15 is 0 Å². The zero-order valence-electron chi connectivity index (χ0n) is 13.2. The summed E-state index contributed by atoms with van der Waals surface area (Å²) >= 11 is 0. The molecule has 0 atom stereocenters. The molecule has 6 heteroatoms. The van der Waals surface area contributed by atoms with Crippen molar-refractivity contribution < 1.29 is 42.5 Å². The van der Waals surface area contributed by atoms with Gasteiger partial charge in [0, 0.05) is 5.75 Å². The van der Waals surface area contributed by atoms with Crippen LogP contribution in [-0.4, -0.2) is 18.7 Å². The van der Waals surface area contributed by atoms with Gasteiger partial charge in [0.1, 0.15) is 9.15 Å². The van der Waals surface area contributed by atoms with Crippen LogP contribution in [-0.2, 0) is 9.15 Å². The normalized spacial score (nSPS) is 11.3. The third-order valence-electron chi connectivity index (χ3n) is 3.23. The quantitative estimate of drug-likeness (QED) is 0.211. The van der Waals surface area contributed by atoms with E-state index in [0.29, 0.717) is 16.5 Å². The molecule has 0 aliphatic heterocycles. The van der Waals surface area contributed by atoms with E-state index in [2.05, 4.69) is 6.92 Å². The van der Waals surface area contributed by atoms with Crippen LogP contribution >= 0.6 is 10.8 Å². The summed E-state index contributed by atoms with van der Waals surface area (Å²) < 4.78 is 31.0. The zero-order valence-corrected chi connectivity index (χ0v) is 16.9. The molecule has 116 valence electrons. The van der Waals surface area contributed by atoms with E-state index in [-0.39, 0.29) is 29.6 Å². The molecular formula is C14H29NaO3S2. The summed E-state index contributed by atoms with van der Waals surface area (Å²) in [5.41, 5.74) is 0. The van der Waals surface area contributed by atoms with Crippen molar-refractivity contribution in [3.63, 3.8) is 0 Å². The molecule has 0 fully saturated rings. The predicted molar refractivity (Wildman–Crippen MR) is 83.2 cm³/mol. The first-order chi connectivity index (χ1) is 9.06. The first kappa shape index (κ1) is 23.5. The third kappa shape index (κ3) is 21.6. The van der Waals surface area contributed by atoms with Crippen molar-refractivity contribution in [3.05, 3.63) is 0 Å². The van der Waals surface area contributed by atoms with E-state index in [1.54, 1.807) is 0 Å². The summed E-state index contributed by atoms with van der Waals surface area (Å²) in [5.74, 6) is 0.448. The van der Waals surface area contributed by atoms with Gasteiger partial charge in [0.15, 0.2) is 0 Å². The summed E-state index contributed by atoms with van der Waals surface area (Å²) in [7, 11) is -3.54. The van der Waals surface area contributed by atoms with Crippen LogP contribution in [0.4, 0.5) is 0 Å². The summed E-state index contributed by atoms with van der Waals surface area (Å²) in [4.78, 5) is 0. The van der Waals surface area contributed by atoms with Crippen molar-refractivity contribution in [3.8, 4) is 0 Å². The topological polar surface area (TPSA) is 57.2 Å². The molecule has 0 amide bonds. The number of hydrogen-bond acceptors (Lipinski definition) is 4. The van der Waals surface area contributed by atoms with Crippen molar-refractivity contribution in [1.29, 1.82) is 0 Å². The maximum absolute atomic E-state index is 10.3. The number of rotatable bonds is 14. The Labute approximate surface area is 151 Å². The van der Waals surface area contributed by atoms with E-state index in [0.717, 1.165) is 19.3 Å². The second kappa shape index (κ2) is 16.6. The molecule has 0 spiro atoms. The predicted octanol–water partition coefficient (Wildman–Crippen LogP) is 1.88. The first-order valence-corrected chi connectivity index (χ1v) is 10.6. The van der Waals surface area contributed by atoms with Crippen molar-refractivity contribution in [2.75, 3.05) is 5.75 Å². The Balaban J connectivity index is 0. The van der Waals surface area contributed by atoms with Gasteiger partial charge in [-0.05, 0) is 17.2 Å². The summed E-state index contributed by atoms with van der Waals surface area (Å²) in [6, 6.07) is 0. The molecule has 0 radical (unpaired) electrons. The van der Waals surface area contributed by atoms with Crippen LogP contribution < -0.4 is 29.6 Å². The second-order valence-electron chi connectivity index (χ2n) is 5.12. The number of hydrogen-bond donors (Lipinski definition) is 0. The van der Waals surface area contributed by atoms with Gasteiger partial charge >= 0.3 is 29.6 Å². The Bertz CT molecular complexity index is 282. The van der Waals surface area contributed by atoms with Crippen molar-refractivity contribution in [2.24, 2.45) is 0 Å². The van der Waals surface area contributed by atoms with E-state index < -0.39 is 9.15 Å². The molecule has 0 aliphatic carbocycles. The molecule has 0 aromatic rings. The van der Waals surface area contributed by atoms with E-state index in [1.807, 2.05) is 0 Å². The largest absolute Gasteiger partial charge is 1.00 e. The fraction of sp³-hybridized carbons (Fsp3) is 1.00. The average molecular weight is 333 g/mol. The van der Waals surface area contributed by atoms with Crippen LogP contribution in [0.1, 0.15) is 84.0 Å². The van der Waals surface area contributed by atoms with Gasteiger partial charge in [0.2, 0.25) is 0 Å². The SMILES string of the molecule is CCCCCCCCCCCCCCSS(=O)(=O)[O-].[Na+]. The van der Waals surface area contributed by atoms with Gasteiger partial charge in [-0.15, -0.1) is 0 Å². The minimum absolute atomic E-state index is 0. The minimum Gasteiger partial charge on any atom is -0.739 e. The number of unbranched alkanes of at least 4 members (excludes halogenated alkanes) is 11. The second-order valence-corrected chi connectivity index (χ2v) is 8.51. The monoisotopic (exact) mass is 332 g/mol. The zero-order chi connectivity index (χ0) is 14.4. The molecular weight excluding hydrogens is 303 g/mol. The Morgan fingerprint density at radius 2 is 1.10 bits per heavy atom. The average Bonchev–Trinajstić information content (AvgIpc) is 2.34. The minimum atomic E-state index is -4.07. The molecule has 0 aromatic heterocycles. The van der Waals surface area contributed by atoms with Crippen LogP contribution in [0.15, 0.2) is 0 Å². The van der Waals surface area contributed by atoms with E-state index in [1.165, 1.54) is 57.8 Å². The van der Waals surface area contributed by atoms with Crippen LogP contribution in [0.3, 0.4) is 0 Å². The van der Waals surface area contributed by atoms with Crippen molar-refractivity contribution >= 4 is 19.9 Å². The van der Waals surface area contributed by atoms with Crippen molar-refractivity contribution in [2.45, 2.75) is 84.0 Å². The third-order valence-corrected chi connectivity index (χ3v) is 5.34. The van der Waals surface area contributed by atoms with E-state index in [4.69, 9.17) is 0 Å². The van der Waals surface area contributed by atoms with Gasteiger partial charge in [0.25, 0.3) is 0 Å². The van der Waals surface area contributed by atoms with Gasteiger partial charge in [-0.2, -0.15) is 0 Å². The fourth-order valence-corrected chi connectivity index (χ4v) is 3.60. The van der Waals surface area contributed by atoms with Crippen LogP contribution in [0.25, 0.3) is 0 Å². The summed E-state index contributed by atoms with van der Waals surface area (Å²) in [5, 5.41) is 0. The maximum atomic E-state index is 10.3. The molecule has 0 aliphatic rings. The van der Waals surface area contributed by atoms with Gasteiger partial charge in [0.05, 0.1) is 0 Å². The molecule has 0 unspecified atom stereocenters. The fourth-order valence-electron chi connectivity index (χ4n) is 2.10. The summed E-state index contributed by atoms with van der Waals surface area (Å²) in [6.07, 6.45) is 15.1. The smallest absolute Gasteiger partial charge is 0.739 e. The summed E-state index contributed by atoms with van der Waals surface area (Å²) in [6.45, 7) is 2.24. The molecule has 0 saturated heterocycles. The molecule has 0 N–H and O–H groups in total. The van der Waals surface area contributed by atoms with Gasteiger partial charge < -0.3 is 4.55 Å². The molecule has 0 rings (SSSR count). The van der Waals surface area contributed by atoms with Gasteiger partial charge in [-0.25, -0.2) is 8.42 Å². The maximum Gasteiger partial charge on any atom is 1.00 e. The van der Waals surface area contributed by atoms with Gasteiger partial charge in [-0.3, -0.25) is 0 Å². The molecule has 0 aromatic carbocycles. The Morgan fingerprint density at radius 1 is 0.750 bits per heavy atom. The molecule has 0 bridgehead atoms. The Hall–Kier alpha value is 1.26. The molecule has 3 nitrogen and oxygen atoms in total. The van der Waals surface area contributed by atoms with Crippen LogP contribution in [0.2, 0.25) is 0 Å². The van der Waals surface area contributed by atoms with Crippen LogP contribution in [0, 0.1) is 0 Å². The van der Waals surface area contributed by atoms with Crippen LogP contribution in [0.5, 0.6) is 0 Å². The molecule has 0 heterocycles. The van der Waals surface area contributed by atoms with Crippen molar-refractivity contribution in [1.82, 2.24) is 0 Å². The molecule has 20 heavy (non-hydrogen) atoms. The molecule has 0 saturated carbocycles. The Morgan fingerprint density at radius 3 is 1.45 bits per heavy atom. The van der Waals surface area contributed by atoms with E-state index in [9.17, 15) is 13.0 Å². The first-order valence-electron chi connectivity index (χ1n) is 7.66. The van der Waals surface area contributed by atoms with Gasteiger partial charge in [-0.1, -0.05) is 77.6 Å².